The second-order valence-electron chi connectivity index (χ2n) is 6.00. The molecule has 1 aromatic heterocycles. The number of phenolic OH excluding ortho intramolecular Hbond substituents is 1. The highest BCUT2D eigenvalue weighted by Gasteiger charge is 2.23. The lowest BCUT2D eigenvalue weighted by Gasteiger charge is -2.23. The molecular formula is C16H19ClN2O2S. The molecule has 0 saturated heterocycles. The highest BCUT2D eigenvalue weighted by Crippen LogP contribution is 2.39. The van der Waals surface area contributed by atoms with Gasteiger partial charge in [0.05, 0.1) is 0 Å². The molecule has 0 aliphatic carbocycles. The van der Waals surface area contributed by atoms with Gasteiger partial charge in [0.15, 0.2) is 0 Å². The van der Waals surface area contributed by atoms with Gasteiger partial charge < -0.3 is 5.11 Å². The largest absolute Gasteiger partial charge is 0.507 e. The highest BCUT2D eigenvalue weighted by atomic mass is 35.5. The first-order valence-electron chi connectivity index (χ1n) is 6.99. The van der Waals surface area contributed by atoms with Gasteiger partial charge in [0.25, 0.3) is 5.56 Å². The first-order valence-corrected chi connectivity index (χ1v) is 8.31. The van der Waals surface area contributed by atoms with Gasteiger partial charge in [-0.25, -0.2) is 0 Å². The van der Waals surface area contributed by atoms with Crippen LogP contribution in [-0.4, -0.2) is 20.0 Å². The van der Waals surface area contributed by atoms with E-state index in [0.29, 0.717) is 17.2 Å². The number of aromatic hydroxyl groups is 1. The molecule has 0 unspecified atom stereocenters. The van der Waals surface area contributed by atoms with E-state index in [1.54, 1.807) is 12.3 Å². The average molecular weight is 339 g/mol. The molecule has 118 valence electrons. The highest BCUT2D eigenvalue weighted by molar-refractivity contribution is 7.97. The first-order chi connectivity index (χ1) is 10.3. The van der Waals surface area contributed by atoms with Gasteiger partial charge in [-0.1, -0.05) is 38.4 Å². The van der Waals surface area contributed by atoms with Gasteiger partial charge in [0.1, 0.15) is 5.75 Å². The number of hydrogen-bond donors (Lipinski definition) is 1. The number of phenols is 1. The predicted octanol–water partition coefficient (Wildman–Crippen LogP) is 3.64. The summed E-state index contributed by atoms with van der Waals surface area (Å²) in [5.74, 6) is 0.879. The number of aromatic nitrogens is 2. The van der Waals surface area contributed by atoms with E-state index in [9.17, 15) is 9.90 Å². The molecule has 0 aliphatic heterocycles. The molecule has 1 heterocycles. The van der Waals surface area contributed by atoms with Crippen molar-refractivity contribution in [2.75, 3.05) is 5.75 Å². The summed E-state index contributed by atoms with van der Waals surface area (Å²) in [6.45, 7) is 6.04. The van der Waals surface area contributed by atoms with Crippen LogP contribution in [0.4, 0.5) is 0 Å². The third kappa shape index (κ3) is 3.84. The number of aryl methyl sites for hydroxylation is 1. The quantitative estimate of drug-likeness (QED) is 0.924. The Hall–Kier alpha value is -1.46. The van der Waals surface area contributed by atoms with E-state index in [4.69, 9.17) is 11.6 Å². The topological polar surface area (TPSA) is 55.1 Å². The van der Waals surface area contributed by atoms with Crippen LogP contribution < -0.4 is 5.56 Å². The Balaban J connectivity index is 2.14. The number of nitrogens with zero attached hydrogens (tertiary/aromatic N) is 2. The van der Waals surface area contributed by atoms with Crippen LogP contribution in [0, 0.1) is 0 Å². The Labute approximate surface area is 139 Å². The summed E-state index contributed by atoms with van der Waals surface area (Å²) in [5, 5.41) is 15.0. The third-order valence-electron chi connectivity index (χ3n) is 3.23. The summed E-state index contributed by atoms with van der Waals surface area (Å²) in [7, 11) is 0. The maximum atomic E-state index is 11.6. The number of rotatable bonds is 4. The van der Waals surface area contributed by atoms with Gasteiger partial charge in [-0.05, 0) is 41.5 Å². The van der Waals surface area contributed by atoms with Crippen molar-refractivity contribution in [2.45, 2.75) is 32.6 Å². The Morgan fingerprint density at radius 2 is 2.05 bits per heavy atom. The molecule has 0 spiro atoms. The van der Waals surface area contributed by atoms with Crippen LogP contribution in [0.2, 0.25) is 5.02 Å². The Morgan fingerprint density at radius 1 is 1.32 bits per heavy atom. The van der Waals surface area contributed by atoms with Crippen LogP contribution >= 0.6 is 23.5 Å². The van der Waals surface area contributed by atoms with Crippen LogP contribution in [0.5, 0.6) is 5.75 Å². The first kappa shape index (κ1) is 16.9. The molecule has 22 heavy (non-hydrogen) atoms. The molecule has 0 atom stereocenters. The van der Waals surface area contributed by atoms with Crippen molar-refractivity contribution < 1.29 is 5.11 Å². The molecular weight excluding hydrogens is 320 g/mol. The van der Waals surface area contributed by atoms with Crippen LogP contribution in [0.15, 0.2) is 35.3 Å². The minimum Gasteiger partial charge on any atom is -0.507 e. The monoisotopic (exact) mass is 338 g/mol. The molecule has 1 aromatic carbocycles. The minimum absolute atomic E-state index is 0.150. The molecule has 6 heteroatoms. The molecule has 2 rings (SSSR count). The van der Waals surface area contributed by atoms with E-state index in [1.165, 1.54) is 22.1 Å². The van der Waals surface area contributed by atoms with Crippen LogP contribution in [0.25, 0.3) is 0 Å². The maximum Gasteiger partial charge on any atom is 0.277 e. The van der Waals surface area contributed by atoms with Crippen LogP contribution in [-0.2, 0) is 11.8 Å². The van der Waals surface area contributed by atoms with Gasteiger partial charge in [0, 0.05) is 28.6 Å². The lowest BCUT2D eigenvalue weighted by molar-refractivity contribution is 0.441. The summed E-state index contributed by atoms with van der Waals surface area (Å²) >= 11 is 7.53. The minimum atomic E-state index is -0.234. The molecule has 4 nitrogen and oxygen atoms in total. The van der Waals surface area contributed by atoms with Crippen molar-refractivity contribution in [1.82, 2.24) is 9.19 Å². The molecule has 0 aliphatic rings. The summed E-state index contributed by atoms with van der Waals surface area (Å²) < 4.78 is 1.34. The van der Waals surface area contributed by atoms with Gasteiger partial charge in [-0.3, -0.25) is 4.79 Å². The second kappa shape index (κ2) is 6.75. The summed E-state index contributed by atoms with van der Waals surface area (Å²) in [5.41, 5.74) is 1.20. The zero-order valence-electron chi connectivity index (χ0n) is 12.8. The Bertz CT molecular complexity index is 723. The summed E-state index contributed by atoms with van der Waals surface area (Å²) in [4.78, 5) is 11.6. The molecule has 0 saturated carbocycles. The van der Waals surface area contributed by atoms with Crippen molar-refractivity contribution >= 4 is 23.5 Å². The van der Waals surface area contributed by atoms with E-state index < -0.39 is 0 Å². The average Bonchev–Trinajstić information content (AvgIpc) is 2.42. The van der Waals surface area contributed by atoms with Crippen LogP contribution in [0.3, 0.4) is 0 Å². The molecule has 2 aromatic rings. The van der Waals surface area contributed by atoms with Crippen molar-refractivity contribution in [1.29, 1.82) is 0 Å². The summed E-state index contributed by atoms with van der Waals surface area (Å²) in [6.07, 6.45) is 2.20. The lowest BCUT2D eigenvalue weighted by atomic mass is 9.85. The van der Waals surface area contributed by atoms with Gasteiger partial charge >= 0.3 is 0 Å². The fourth-order valence-corrected chi connectivity index (χ4v) is 3.44. The van der Waals surface area contributed by atoms with Crippen molar-refractivity contribution in [3.8, 4) is 5.75 Å². The van der Waals surface area contributed by atoms with Gasteiger partial charge in [-0.2, -0.15) is 9.19 Å². The van der Waals surface area contributed by atoms with Crippen molar-refractivity contribution in [3.05, 3.63) is 57.0 Å². The molecule has 0 amide bonds. The van der Waals surface area contributed by atoms with Crippen molar-refractivity contribution in [2.24, 2.45) is 0 Å². The molecule has 1 N–H and O–H groups in total. The fourth-order valence-electron chi connectivity index (χ4n) is 2.21. The fraction of sp³-hybridized carbons (Fsp3) is 0.375. The zero-order valence-corrected chi connectivity index (χ0v) is 14.4. The van der Waals surface area contributed by atoms with Gasteiger partial charge in [0.2, 0.25) is 0 Å². The maximum absolute atomic E-state index is 11.6. The van der Waals surface area contributed by atoms with E-state index in [2.05, 4.69) is 5.10 Å². The van der Waals surface area contributed by atoms with Gasteiger partial charge in [-0.15, -0.1) is 0 Å². The van der Waals surface area contributed by atoms with Crippen LogP contribution in [0.1, 0.15) is 31.9 Å². The molecule has 0 fully saturated rings. The van der Waals surface area contributed by atoms with Crippen molar-refractivity contribution in [3.63, 3.8) is 0 Å². The normalized spacial score (nSPS) is 11.6. The lowest BCUT2D eigenvalue weighted by Crippen LogP contribution is -2.16. The molecule has 0 radical (unpaired) electrons. The second-order valence-corrected chi connectivity index (χ2v) is 7.42. The zero-order chi connectivity index (χ0) is 16.3. The van der Waals surface area contributed by atoms with E-state index in [-0.39, 0.29) is 16.7 Å². The third-order valence-corrected chi connectivity index (χ3v) is 4.45. The standard InChI is InChI=1S/C16H19ClN2O2S/c1-16(2,3)14-12(17)7-6-11(15(14)21)8-10-22-19-13(20)5-4-9-18-19/h4-7,9,21H,8,10H2,1-3H3. The van der Waals surface area contributed by atoms with E-state index >= 15 is 0 Å². The van der Waals surface area contributed by atoms with E-state index in [0.717, 1.165) is 11.1 Å². The Morgan fingerprint density at radius 3 is 2.68 bits per heavy atom. The predicted molar refractivity (Wildman–Crippen MR) is 91.9 cm³/mol. The summed E-state index contributed by atoms with van der Waals surface area (Å²) in [6, 6.07) is 6.72. The smallest absolute Gasteiger partial charge is 0.277 e. The van der Waals surface area contributed by atoms with E-state index in [1.807, 2.05) is 32.9 Å². The Kier molecular flexibility index (Phi) is 5.19. The SMILES string of the molecule is CC(C)(C)c1c(Cl)ccc(CCSn2ncccc2=O)c1O. The number of halogens is 1. The number of benzene rings is 1. The molecule has 0 bridgehead atoms. The number of hydrogen-bond acceptors (Lipinski definition) is 4.